The molecular formula is C48H90N2O3S. The van der Waals surface area contributed by atoms with E-state index >= 15 is 0 Å². The number of aromatic nitrogens is 1. The molecule has 0 spiro atoms. The van der Waals surface area contributed by atoms with Crippen LogP contribution in [0.25, 0.3) is 10.6 Å². The highest BCUT2D eigenvalue weighted by atomic mass is 32.1. The van der Waals surface area contributed by atoms with E-state index in [1.165, 1.54) is 112 Å². The molecule has 1 amide bonds. The van der Waals surface area contributed by atoms with Gasteiger partial charge in [-0.2, -0.15) is 0 Å². The van der Waals surface area contributed by atoms with Crippen molar-refractivity contribution < 1.29 is 9.59 Å². The molecule has 0 N–H and O–H groups in total. The van der Waals surface area contributed by atoms with E-state index in [0.29, 0.717) is 10.8 Å². The Morgan fingerprint density at radius 2 is 1.30 bits per heavy atom. The topological polar surface area (TPSA) is 76.5 Å². The maximum absolute atomic E-state index is 9.44. The van der Waals surface area contributed by atoms with E-state index in [2.05, 4.69) is 119 Å². The minimum absolute atomic E-state index is 0.167. The van der Waals surface area contributed by atoms with Gasteiger partial charge in [-0.1, -0.05) is 186 Å². The summed E-state index contributed by atoms with van der Waals surface area (Å²) in [6, 6.07) is 8.67. The minimum atomic E-state index is -0.676. The predicted octanol–water partition coefficient (Wildman–Crippen LogP) is 16.5. The Morgan fingerprint density at radius 3 is 1.63 bits per heavy atom. The number of nitroso groups, excluding NO2 is 1. The summed E-state index contributed by atoms with van der Waals surface area (Å²) in [4.78, 5) is 33.6. The van der Waals surface area contributed by atoms with Crippen LogP contribution in [0.3, 0.4) is 0 Å². The molecule has 1 heterocycles. The fourth-order valence-electron chi connectivity index (χ4n) is 4.91. The van der Waals surface area contributed by atoms with Gasteiger partial charge in [0.05, 0.1) is 0 Å². The average Bonchev–Trinajstić information content (AvgIpc) is 3.55. The molecule has 3 unspecified atom stereocenters. The highest BCUT2D eigenvalue weighted by molar-refractivity contribution is 7.15. The highest BCUT2D eigenvalue weighted by Gasteiger charge is 2.27. The van der Waals surface area contributed by atoms with Gasteiger partial charge in [-0.05, 0) is 80.1 Å². The minimum Gasteiger partial charge on any atom is -0.300 e. The van der Waals surface area contributed by atoms with Gasteiger partial charge in [-0.3, -0.25) is 4.79 Å². The third kappa shape index (κ3) is 39.5. The summed E-state index contributed by atoms with van der Waals surface area (Å²) in [6.45, 7) is 38.0. The largest absolute Gasteiger partial charge is 0.300 e. The normalized spacial score (nSPS) is 13.1. The Labute approximate surface area is 341 Å². The third-order valence-electron chi connectivity index (χ3n) is 8.58. The number of benzene rings is 1. The van der Waals surface area contributed by atoms with Gasteiger partial charge >= 0.3 is 0 Å². The van der Waals surface area contributed by atoms with E-state index in [-0.39, 0.29) is 5.78 Å². The van der Waals surface area contributed by atoms with Crippen LogP contribution < -0.4 is 0 Å². The van der Waals surface area contributed by atoms with Gasteiger partial charge in [0.15, 0.2) is 0 Å². The van der Waals surface area contributed by atoms with Crippen molar-refractivity contribution in [3.05, 3.63) is 45.8 Å². The van der Waals surface area contributed by atoms with Crippen molar-refractivity contribution >= 4 is 23.0 Å². The van der Waals surface area contributed by atoms with Crippen LogP contribution in [-0.4, -0.2) is 16.7 Å². The van der Waals surface area contributed by atoms with Crippen LogP contribution in [0.2, 0.25) is 0 Å². The second-order valence-electron chi connectivity index (χ2n) is 17.3. The fourth-order valence-corrected chi connectivity index (χ4v) is 5.83. The summed E-state index contributed by atoms with van der Waals surface area (Å²) >= 11 is 1.82. The zero-order valence-corrected chi connectivity index (χ0v) is 39.9. The maximum atomic E-state index is 9.44. The fraction of sp³-hybridized carbons (Fsp3) is 0.771. The molecule has 1 aliphatic carbocycles. The number of hydrogen-bond acceptors (Lipinski definition) is 5. The summed E-state index contributed by atoms with van der Waals surface area (Å²) in [7, 11) is 0. The zero-order chi connectivity index (χ0) is 42.8. The Hall–Kier alpha value is -2.21. The van der Waals surface area contributed by atoms with E-state index in [1.54, 1.807) is 0 Å². The number of unbranched alkanes of at least 4 members (excludes halogenated alkanes) is 1. The summed E-state index contributed by atoms with van der Waals surface area (Å²) < 4.78 is 0. The third-order valence-corrected chi connectivity index (χ3v) is 9.75. The molecule has 5 nitrogen and oxygen atoms in total. The lowest BCUT2D eigenvalue weighted by atomic mass is 9.70. The van der Waals surface area contributed by atoms with Gasteiger partial charge in [-0.25, -0.2) is 4.98 Å². The number of carbonyl (C=O) groups is 2. The first-order valence-electron chi connectivity index (χ1n) is 21.5. The van der Waals surface area contributed by atoms with Gasteiger partial charge in [0.25, 0.3) is 5.91 Å². The number of thiazole rings is 1. The summed E-state index contributed by atoms with van der Waals surface area (Å²) in [5.74, 6) is 2.23. The van der Waals surface area contributed by atoms with Gasteiger partial charge in [0, 0.05) is 28.7 Å². The van der Waals surface area contributed by atoms with Crippen LogP contribution in [0.15, 0.2) is 35.6 Å². The number of ketones is 1. The monoisotopic (exact) mass is 775 g/mol. The number of nitrogens with zero attached hydrogens (tertiary/aromatic N) is 2. The molecule has 0 radical (unpaired) electrons. The van der Waals surface area contributed by atoms with Crippen molar-refractivity contribution in [3.8, 4) is 10.6 Å². The number of amides is 1. The molecule has 3 atom stereocenters. The quantitative estimate of drug-likeness (QED) is 0.190. The molecule has 0 bridgehead atoms. The van der Waals surface area contributed by atoms with E-state index in [0.717, 1.165) is 37.5 Å². The number of hydrogen-bond donors (Lipinski definition) is 0. The molecule has 2 aromatic rings. The van der Waals surface area contributed by atoms with Crippen LogP contribution in [-0.2, 0) is 22.4 Å². The van der Waals surface area contributed by atoms with Crippen molar-refractivity contribution in [1.29, 1.82) is 0 Å². The van der Waals surface area contributed by atoms with E-state index in [4.69, 9.17) is 4.91 Å². The first-order chi connectivity index (χ1) is 25.2. The summed E-state index contributed by atoms with van der Waals surface area (Å²) in [6.07, 6.45) is 21.1. The van der Waals surface area contributed by atoms with Crippen LogP contribution in [0.4, 0.5) is 0 Å². The standard InChI is InChI=1S/C17H36.C15H19NS.C5H12.C4H8.C3H6O.C2H3NO2.C2H6/c1-8-11-15(10-3)13-16(17(5,6)7)12-14(4)9-2;1-3-5-8-12-9-6-7-10-14(12)15-16-11-13(4-2)17-15;1-5(2,3)4;1-2-4-3-1;1-3(2)4;1-2(4)3-5;1-2/h14-16H,8-13H2,1-7H3;6-7,9-11H,3-5,8H2,1-2H3;1-4H3;1-4H2;1-2H3;1H3;1-2H3. The maximum Gasteiger partial charge on any atom is 0.283 e. The second-order valence-corrected chi connectivity index (χ2v) is 18.4. The number of carbonyl (C=O) groups excluding carboxylic acids is 2. The van der Waals surface area contributed by atoms with Crippen LogP contribution >= 0.6 is 11.3 Å². The van der Waals surface area contributed by atoms with Gasteiger partial charge in [-0.15, -0.1) is 16.2 Å². The van der Waals surface area contributed by atoms with E-state index in [1.807, 2.05) is 36.6 Å². The Bertz CT molecular complexity index is 1140. The van der Waals surface area contributed by atoms with Gasteiger partial charge < -0.3 is 4.79 Å². The average molecular weight is 775 g/mol. The Morgan fingerprint density at radius 1 is 0.815 bits per heavy atom. The summed E-state index contributed by atoms with van der Waals surface area (Å²) in [5.41, 5.74) is 3.74. The molecule has 0 aliphatic heterocycles. The molecule has 54 heavy (non-hydrogen) atoms. The number of Topliss-reactive ketones (excluding diaryl/α,β-unsaturated/α-hetero) is 1. The lowest BCUT2D eigenvalue weighted by Crippen LogP contribution is -2.25. The molecule has 6 heteroatoms. The van der Waals surface area contributed by atoms with E-state index < -0.39 is 5.91 Å². The lowest BCUT2D eigenvalue weighted by molar-refractivity contribution is -0.116. The van der Waals surface area contributed by atoms with Crippen molar-refractivity contribution in [2.24, 2.45) is 33.8 Å². The molecule has 1 aliphatic rings. The second kappa shape index (κ2) is 36.4. The zero-order valence-electron chi connectivity index (χ0n) is 39.0. The van der Waals surface area contributed by atoms with Crippen molar-refractivity contribution in [2.75, 3.05) is 0 Å². The van der Waals surface area contributed by atoms with Gasteiger partial charge in [0.1, 0.15) is 10.8 Å². The molecule has 3 rings (SSSR count). The molecule has 316 valence electrons. The predicted molar refractivity (Wildman–Crippen MR) is 244 cm³/mol. The Balaban J connectivity index is -0.000000310. The first-order valence-corrected chi connectivity index (χ1v) is 22.4. The highest BCUT2D eigenvalue weighted by Crippen LogP contribution is 2.38. The van der Waals surface area contributed by atoms with Crippen LogP contribution in [0.1, 0.15) is 212 Å². The van der Waals surface area contributed by atoms with E-state index in [9.17, 15) is 9.59 Å². The Kier molecular flexibility index (Phi) is 39.5. The number of aryl methyl sites for hydroxylation is 2. The van der Waals surface area contributed by atoms with Gasteiger partial charge in [0.2, 0.25) is 0 Å². The molecule has 1 aromatic carbocycles. The van der Waals surface area contributed by atoms with Crippen molar-refractivity contribution in [1.82, 2.24) is 4.98 Å². The van der Waals surface area contributed by atoms with Crippen molar-refractivity contribution in [3.63, 3.8) is 0 Å². The van der Waals surface area contributed by atoms with Crippen molar-refractivity contribution in [2.45, 2.75) is 215 Å². The SMILES string of the molecule is C1CCC1.CC.CC(=O)N=O.CC(C)(C)C.CC(C)=O.CCCC(CC)CC(CC(C)CC)C(C)(C)C.CCCCc1ccccc1-c1ncc(CC)s1. The lowest BCUT2D eigenvalue weighted by Gasteiger charge is -2.35. The first kappa shape index (κ1) is 58.5. The molecule has 1 saturated carbocycles. The summed E-state index contributed by atoms with van der Waals surface area (Å²) in [5, 5.41) is 3.17. The number of rotatable bonds is 13. The molecule has 1 fully saturated rings. The van der Waals surface area contributed by atoms with Crippen LogP contribution in [0, 0.1) is 33.5 Å². The smallest absolute Gasteiger partial charge is 0.283 e. The molecular weight excluding hydrogens is 685 g/mol. The van der Waals surface area contributed by atoms with Crippen LogP contribution in [0.5, 0.6) is 0 Å². The molecule has 1 aromatic heterocycles. The molecule has 0 saturated heterocycles.